The van der Waals surface area contributed by atoms with Crippen molar-refractivity contribution in [1.29, 1.82) is 21.0 Å². The van der Waals surface area contributed by atoms with Crippen LogP contribution in [0.15, 0.2) is 206 Å². The molecule has 9 rings (SSSR count). The average molecular weight is 789 g/mol. The summed E-state index contributed by atoms with van der Waals surface area (Å²) < 4.78 is 0. The molecule has 0 saturated heterocycles. The van der Waals surface area contributed by atoms with E-state index < -0.39 is 11.8 Å². The quantitative estimate of drug-likeness (QED) is 0.153. The van der Waals surface area contributed by atoms with Gasteiger partial charge in [0.2, 0.25) is 0 Å². The van der Waals surface area contributed by atoms with Gasteiger partial charge < -0.3 is 0 Å². The molecule has 0 aromatic heterocycles. The fourth-order valence-electron chi connectivity index (χ4n) is 8.83. The minimum Gasteiger partial charge on any atom is -0.198 e. The van der Waals surface area contributed by atoms with Crippen LogP contribution in [0.1, 0.15) is 28.2 Å². The van der Waals surface area contributed by atoms with E-state index in [1.807, 2.05) is 164 Å². The van der Waals surface area contributed by atoms with E-state index >= 15 is 0 Å². The van der Waals surface area contributed by atoms with Crippen LogP contribution < -0.4 is 0 Å². The highest BCUT2D eigenvalue weighted by Gasteiger charge is 2.35. The largest absolute Gasteiger partial charge is 0.198 e. The van der Waals surface area contributed by atoms with Crippen LogP contribution in [0.3, 0.4) is 0 Å². The van der Waals surface area contributed by atoms with Crippen LogP contribution in [0, 0.1) is 51.2 Å². The maximum absolute atomic E-state index is 10.9. The maximum atomic E-state index is 10.9. The second-order valence-corrected chi connectivity index (χ2v) is 15.2. The van der Waals surface area contributed by atoms with Crippen molar-refractivity contribution in [2.24, 2.45) is 5.92 Å². The Hall–Kier alpha value is -8.80. The smallest absolute Gasteiger partial charge is 0.0998 e. The van der Waals surface area contributed by atoms with Crippen molar-refractivity contribution in [3.8, 4) is 102 Å². The number of hydrogen-bond donors (Lipinski definition) is 0. The van der Waals surface area contributed by atoms with E-state index in [-0.39, 0.29) is 0 Å². The van der Waals surface area contributed by atoms with Crippen LogP contribution in [0.5, 0.6) is 0 Å². The van der Waals surface area contributed by atoms with Crippen LogP contribution >= 0.6 is 0 Å². The van der Waals surface area contributed by atoms with Crippen LogP contribution in [0.4, 0.5) is 0 Å². The summed E-state index contributed by atoms with van der Waals surface area (Å²) in [5, 5.41) is 43.2. The van der Waals surface area contributed by atoms with Gasteiger partial charge in [-0.05, 0) is 120 Å². The molecule has 0 fully saturated rings. The molecule has 62 heavy (non-hydrogen) atoms. The summed E-state index contributed by atoms with van der Waals surface area (Å²) >= 11 is 0. The first-order valence-electron chi connectivity index (χ1n) is 20.4. The van der Waals surface area contributed by atoms with Crippen molar-refractivity contribution in [3.05, 3.63) is 229 Å². The van der Waals surface area contributed by atoms with Gasteiger partial charge in [0.15, 0.2) is 0 Å². The Morgan fingerprint density at radius 3 is 1.26 bits per heavy atom. The fraction of sp³-hybridized carbons (Fsp3) is 0.0345. The Morgan fingerprint density at radius 1 is 0.339 bits per heavy atom. The van der Waals surface area contributed by atoms with Crippen LogP contribution in [0.25, 0.3) is 77.9 Å². The first-order chi connectivity index (χ1) is 30.6. The van der Waals surface area contributed by atoms with E-state index in [1.165, 1.54) is 0 Å². The van der Waals surface area contributed by atoms with Crippen molar-refractivity contribution in [2.45, 2.75) is 5.92 Å². The monoisotopic (exact) mass is 788 g/mol. The summed E-state index contributed by atoms with van der Waals surface area (Å²) in [5.74, 6) is -0.995. The summed E-state index contributed by atoms with van der Waals surface area (Å²) in [7, 11) is 0. The lowest BCUT2D eigenvalue weighted by Gasteiger charge is -2.33. The lowest BCUT2D eigenvalue weighted by molar-refractivity contribution is 0.715. The molecule has 0 saturated carbocycles. The van der Waals surface area contributed by atoms with Gasteiger partial charge in [0.05, 0.1) is 46.9 Å². The third-order valence-electron chi connectivity index (χ3n) is 11.5. The molecule has 4 heteroatoms. The Kier molecular flexibility index (Phi) is 10.7. The zero-order chi connectivity index (χ0) is 42.4. The molecule has 0 spiro atoms. The van der Waals surface area contributed by atoms with E-state index in [9.17, 15) is 21.0 Å². The highest BCUT2D eigenvalue weighted by atomic mass is 14.4. The van der Waals surface area contributed by atoms with Gasteiger partial charge in [0.25, 0.3) is 0 Å². The van der Waals surface area contributed by atoms with Gasteiger partial charge in [-0.1, -0.05) is 164 Å². The zero-order valence-electron chi connectivity index (χ0n) is 33.6. The molecule has 8 aromatic carbocycles. The van der Waals surface area contributed by atoms with Gasteiger partial charge >= 0.3 is 0 Å². The minimum absolute atomic E-state index is 0.449. The lowest BCUT2D eigenvalue weighted by Crippen LogP contribution is -2.14. The number of benzene rings is 8. The van der Waals surface area contributed by atoms with Crippen molar-refractivity contribution < 1.29 is 0 Å². The zero-order valence-corrected chi connectivity index (χ0v) is 33.6. The molecule has 0 radical (unpaired) electrons. The van der Waals surface area contributed by atoms with Crippen LogP contribution in [-0.4, -0.2) is 0 Å². The van der Waals surface area contributed by atoms with Crippen molar-refractivity contribution in [1.82, 2.24) is 0 Å². The number of nitrogens with zero attached hydrogens (tertiary/aromatic N) is 4. The Balaban J connectivity index is 1.61. The molecule has 4 nitrogen and oxygen atoms in total. The first kappa shape index (κ1) is 38.7. The third-order valence-corrected chi connectivity index (χ3v) is 11.5. The lowest BCUT2D eigenvalue weighted by atomic mass is 9.69. The van der Waals surface area contributed by atoms with Gasteiger partial charge in [-0.2, -0.15) is 21.0 Å². The van der Waals surface area contributed by atoms with Crippen molar-refractivity contribution in [3.63, 3.8) is 0 Å². The molecule has 0 heterocycles. The highest BCUT2D eigenvalue weighted by Crippen LogP contribution is 2.57. The van der Waals surface area contributed by atoms with Crippen molar-refractivity contribution in [2.75, 3.05) is 0 Å². The van der Waals surface area contributed by atoms with Crippen molar-refractivity contribution >= 4 is 0 Å². The van der Waals surface area contributed by atoms with E-state index in [1.54, 1.807) is 0 Å². The number of nitriles is 4. The molecular weight excluding hydrogens is 753 g/mol. The molecule has 1 aliphatic carbocycles. The van der Waals surface area contributed by atoms with E-state index in [0.29, 0.717) is 16.7 Å². The number of hydrogen-bond acceptors (Lipinski definition) is 4. The predicted octanol–water partition coefficient (Wildman–Crippen LogP) is 14.3. The molecule has 2 unspecified atom stereocenters. The summed E-state index contributed by atoms with van der Waals surface area (Å²) in [4.78, 5) is 0. The maximum Gasteiger partial charge on any atom is 0.0998 e. The van der Waals surface area contributed by atoms with Gasteiger partial charge in [-0.25, -0.2) is 0 Å². The molecule has 0 N–H and O–H groups in total. The van der Waals surface area contributed by atoms with E-state index in [2.05, 4.69) is 66.8 Å². The Morgan fingerprint density at radius 2 is 0.758 bits per heavy atom. The molecule has 1 aliphatic rings. The van der Waals surface area contributed by atoms with Crippen LogP contribution in [0.2, 0.25) is 0 Å². The molecule has 0 bridgehead atoms. The number of allylic oxidation sites excluding steroid dienone is 4. The first-order valence-corrected chi connectivity index (χ1v) is 20.4. The second kappa shape index (κ2) is 17.2. The number of rotatable bonds is 8. The Bertz CT molecular complexity index is 3210. The molecule has 0 aliphatic heterocycles. The summed E-state index contributed by atoms with van der Waals surface area (Å²) in [6, 6.07) is 70.2. The van der Waals surface area contributed by atoms with Gasteiger partial charge in [0.1, 0.15) is 0 Å². The van der Waals surface area contributed by atoms with E-state index in [0.717, 1.165) is 83.5 Å². The normalized spacial score (nSPS) is 13.9. The van der Waals surface area contributed by atoms with Gasteiger partial charge in [-0.3, -0.25) is 0 Å². The Labute approximate surface area is 362 Å². The summed E-state index contributed by atoms with van der Waals surface area (Å²) in [6.45, 7) is 0. The average Bonchev–Trinajstić information content (AvgIpc) is 3.36. The SMILES string of the molecule is N#Cc1cc(-c2ccccc2)cc(-c2c(-c3cc(C#N)cc(-c4ccccc4)c3)c(-c3ccccc3)c(C3C=CC=CC3C#N)c(-c3ccccc3C#N)c2-c2ccccc2)c1. The minimum atomic E-state index is -0.547. The van der Waals surface area contributed by atoms with Crippen LogP contribution in [-0.2, 0) is 0 Å². The summed E-state index contributed by atoms with van der Waals surface area (Å²) in [6.07, 6.45) is 7.96. The standard InChI is InChI=1S/C58H36N4/c59-35-39-29-47(41-17-5-1-6-18-41)33-49(31-39)55-53(43-21-9-3-10-22-43)57(51-27-15-13-25-45(51)37-61)58(52-28-16-14-26-46(52)38-62)54(44-23-11-4-12-24-44)56(55)50-32-40(36-60)30-48(34-50)42-19-7-2-8-20-42/h1-34,45,51H. The topological polar surface area (TPSA) is 95.2 Å². The summed E-state index contributed by atoms with van der Waals surface area (Å²) in [5.41, 5.74) is 14.3. The molecular formula is C58H36N4. The van der Waals surface area contributed by atoms with E-state index in [4.69, 9.17) is 0 Å². The van der Waals surface area contributed by atoms with Gasteiger partial charge in [0, 0.05) is 11.5 Å². The fourth-order valence-corrected chi connectivity index (χ4v) is 8.83. The van der Waals surface area contributed by atoms with Gasteiger partial charge in [-0.15, -0.1) is 0 Å². The molecule has 2 atom stereocenters. The third kappa shape index (κ3) is 7.27. The highest BCUT2D eigenvalue weighted by molar-refractivity contribution is 6.11. The predicted molar refractivity (Wildman–Crippen MR) is 249 cm³/mol. The molecule has 288 valence electrons. The molecule has 8 aromatic rings. The molecule has 0 amide bonds. The second-order valence-electron chi connectivity index (χ2n) is 15.2.